The number of carboxylic acid groups (broad SMARTS) is 1. The summed E-state index contributed by atoms with van der Waals surface area (Å²) in [4.78, 5) is 26.2. The molecule has 0 bridgehead atoms. The van der Waals surface area contributed by atoms with Crippen LogP contribution in [0.3, 0.4) is 0 Å². The Bertz CT molecular complexity index is 822. The summed E-state index contributed by atoms with van der Waals surface area (Å²) in [5.41, 5.74) is 2.94. The average molecular weight is 349 g/mol. The van der Waals surface area contributed by atoms with Crippen LogP contribution >= 0.6 is 0 Å². The van der Waals surface area contributed by atoms with Crippen LogP contribution in [-0.2, 0) is 11.2 Å². The fourth-order valence-corrected chi connectivity index (χ4v) is 4.27. The van der Waals surface area contributed by atoms with Gasteiger partial charge in [-0.2, -0.15) is 0 Å². The molecular weight excluding hydrogens is 326 g/mol. The summed E-state index contributed by atoms with van der Waals surface area (Å²) in [5.74, 6) is -0.818. The zero-order valence-electron chi connectivity index (χ0n) is 14.7. The maximum Gasteiger partial charge on any atom is 0.307 e. The van der Waals surface area contributed by atoms with E-state index in [-0.39, 0.29) is 17.2 Å². The van der Waals surface area contributed by atoms with E-state index in [1.807, 2.05) is 47.4 Å². The highest BCUT2D eigenvalue weighted by Crippen LogP contribution is 2.59. The van der Waals surface area contributed by atoms with E-state index in [1.165, 1.54) is 5.56 Å². The Morgan fingerprint density at radius 3 is 2.31 bits per heavy atom. The maximum absolute atomic E-state index is 13.1. The molecule has 134 valence electrons. The van der Waals surface area contributed by atoms with Gasteiger partial charge in [0.05, 0.1) is 5.92 Å². The number of hydrogen-bond donors (Lipinski definition) is 1. The monoisotopic (exact) mass is 349 g/mol. The van der Waals surface area contributed by atoms with Crippen molar-refractivity contribution in [3.05, 3.63) is 71.3 Å². The van der Waals surface area contributed by atoms with Crippen molar-refractivity contribution in [2.75, 3.05) is 13.1 Å². The Morgan fingerprint density at radius 1 is 1.00 bits per heavy atom. The van der Waals surface area contributed by atoms with E-state index in [2.05, 4.69) is 12.1 Å². The third kappa shape index (κ3) is 3.12. The third-order valence-corrected chi connectivity index (χ3v) is 6.02. The number of piperidine rings is 1. The first-order chi connectivity index (χ1) is 12.6. The average Bonchev–Trinajstić information content (AvgIpc) is 3.37. The topological polar surface area (TPSA) is 57.6 Å². The first-order valence-electron chi connectivity index (χ1n) is 9.23. The lowest BCUT2D eigenvalue weighted by atomic mass is 9.90. The molecule has 1 spiro atoms. The molecule has 2 aromatic rings. The molecule has 1 N–H and O–H groups in total. The second-order valence-corrected chi connectivity index (χ2v) is 7.57. The molecule has 1 saturated carbocycles. The molecule has 1 unspecified atom stereocenters. The quantitative estimate of drug-likeness (QED) is 0.917. The summed E-state index contributed by atoms with van der Waals surface area (Å²) >= 11 is 0. The highest BCUT2D eigenvalue weighted by Gasteiger charge is 2.59. The van der Waals surface area contributed by atoms with Crippen LogP contribution < -0.4 is 0 Å². The number of carbonyl (C=O) groups is 2. The number of aliphatic carboxylic acids is 1. The SMILES string of the molecule is O=C(O)C1CC12CCN(C(=O)c1ccccc1Cc1ccccc1)CC2. The number of hydrogen-bond acceptors (Lipinski definition) is 2. The Balaban J connectivity index is 1.47. The van der Waals surface area contributed by atoms with E-state index >= 15 is 0 Å². The minimum absolute atomic E-state index is 0.0494. The van der Waals surface area contributed by atoms with Gasteiger partial charge >= 0.3 is 5.97 Å². The molecule has 2 aliphatic rings. The summed E-state index contributed by atoms with van der Waals surface area (Å²) in [7, 11) is 0. The van der Waals surface area contributed by atoms with Gasteiger partial charge in [0, 0.05) is 18.7 Å². The molecule has 1 amide bonds. The summed E-state index contributed by atoms with van der Waals surface area (Å²) in [5, 5.41) is 9.22. The lowest BCUT2D eigenvalue weighted by Crippen LogP contribution is -2.40. The van der Waals surface area contributed by atoms with Gasteiger partial charge in [-0.05, 0) is 48.3 Å². The zero-order valence-corrected chi connectivity index (χ0v) is 14.7. The van der Waals surface area contributed by atoms with E-state index in [9.17, 15) is 14.7 Å². The van der Waals surface area contributed by atoms with Crippen molar-refractivity contribution < 1.29 is 14.7 Å². The van der Waals surface area contributed by atoms with Crippen molar-refractivity contribution in [3.63, 3.8) is 0 Å². The Morgan fingerprint density at radius 2 is 1.65 bits per heavy atom. The van der Waals surface area contributed by atoms with Crippen LogP contribution in [0.1, 0.15) is 40.7 Å². The predicted octanol–water partition coefficient (Wildman–Crippen LogP) is 3.60. The van der Waals surface area contributed by atoms with Crippen LogP contribution in [0.5, 0.6) is 0 Å². The van der Waals surface area contributed by atoms with Crippen LogP contribution in [0.2, 0.25) is 0 Å². The van der Waals surface area contributed by atoms with Gasteiger partial charge in [0.15, 0.2) is 0 Å². The Hall–Kier alpha value is -2.62. The van der Waals surface area contributed by atoms with Gasteiger partial charge in [-0.3, -0.25) is 9.59 Å². The second kappa shape index (κ2) is 6.60. The van der Waals surface area contributed by atoms with Crippen molar-refractivity contribution in [1.29, 1.82) is 0 Å². The molecule has 1 aliphatic carbocycles. The van der Waals surface area contributed by atoms with Gasteiger partial charge in [-0.1, -0.05) is 48.5 Å². The predicted molar refractivity (Wildman–Crippen MR) is 99.0 cm³/mol. The first kappa shape index (κ1) is 16.8. The smallest absolute Gasteiger partial charge is 0.307 e. The molecular formula is C22H23NO3. The van der Waals surface area contributed by atoms with E-state index in [4.69, 9.17) is 0 Å². The van der Waals surface area contributed by atoms with Crippen molar-refractivity contribution >= 4 is 11.9 Å². The lowest BCUT2D eigenvalue weighted by molar-refractivity contribution is -0.139. The summed E-state index contributed by atoms with van der Waals surface area (Å²) < 4.78 is 0. The Labute approximate surface area is 153 Å². The van der Waals surface area contributed by atoms with Crippen LogP contribution in [0.4, 0.5) is 0 Å². The number of carbonyl (C=O) groups excluding carboxylic acids is 1. The highest BCUT2D eigenvalue weighted by atomic mass is 16.4. The van der Waals surface area contributed by atoms with Crippen LogP contribution in [0.15, 0.2) is 54.6 Å². The normalized spacial score (nSPS) is 20.8. The molecule has 4 rings (SSSR count). The number of amides is 1. The zero-order chi connectivity index (χ0) is 18.1. The largest absolute Gasteiger partial charge is 0.481 e. The summed E-state index contributed by atoms with van der Waals surface area (Å²) in [6.07, 6.45) is 3.11. The van der Waals surface area contributed by atoms with Gasteiger partial charge in [-0.25, -0.2) is 0 Å². The molecule has 2 aromatic carbocycles. The van der Waals surface area contributed by atoms with Crippen LogP contribution in [-0.4, -0.2) is 35.0 Å². The molecule has 1 atom stereocenters. The van der Waals surface area contributed by atoms with Crippen LogP contribution in [0.25, 0.3) is 0 Å². The maximum atomic E-state index is 13.1. The van der Waals surface area contributed by atoms with Crippen molar-refractivity contribution in [3.8, 4) is 0 Å². The first-order valence-corrected chi connectivity index (χ1v) is 9.23. The second-order valence-electron chi connectivity index (χ2n) is 7.57. The minimum Gasteiger partial charge on any atom is -0.481 e. The van der Waals surface area contributed by atoms with E-state index < -0.39 is 5.97 Å². The Kier molecular flexibility index (Phi) is 4.27. The number of benzene rings is 2. The van der Waals surface area contributed by atoms with Gasteiger partial charge in [-0.15, -0.1) is 0 Å². The van der Waals surface area contributed by atoms with Gasteiger partial charge in [0.25, 0.3) is 5.91 Å². The summed E-state index contributed by atoms with van der Waals surface area (Å²) in [6, 6.07) is 18.0. The van der Waals surface area contributed by atoms with Gasteiger partial charge in [0.2, 0.25) is 0 Å². The molecule has 4 heteroatoms. The molecule has 4 nitrogen and oxygen atoms in total. The van der Waals surface area contributed by atoms with Crippen LogP contribution in [0, 0.1) is 11.3 Å². The van der Waals surface area contributed by atoms with Crippen molar-refractivity contribution in [2.24, 2.45) is 11.3 Å². The van der Waals surface area contributed by atoms with Gasteiger partial charge in [0.1, 0.15) is 0 Å². The number of rotatable bonds is 4. The minimum atomic E-state index is -0.682. The number of carboxylic acids is 1. The molecule has 1 aliphatic heterocycles. The molecule has 26 heavy (non-hydrogen) atoms. The van der Waals surface area contributed by atoms with E-state index in [1.54, 1.807) is 0 Å². The van der Waals surface area contributed by atoms with Gasteiger partial charge < -0.3 is 10.0 Å². The van der Waals surface area contributed by atoms with Crippen molar-refractivity contribution in [2.45, 2.75) is 25.7 Å². The fourth-order valence-electron chi connectivity index (χ4n) is 4.27. The highest BCUT2D eigenvalue weighted by molar-refractivity contribution is 5.96. The number of nitrogens with zero attached hydrogens (tertiary/aromatic N) is 1. The molecule has 1 saturated heterocycles. The van der Waals surface area contributed by atoms with E-state index in [0.717, 1.165) is 36.8 Å². The van der Waals surface area contributed by atoms with E-state index in [0.29, 0.717) is 13.1 Å². The van der Waals surface area contributed by atoms with Crippen molar-refractivity contribution in [1.82, 2.24) is 4.90 Å². The molecule has 1 heterocycles. The molecule has 0 radical (unpaired) electrons. The lowest BCUT2D eigenvalue weighted by Gasteiger charge is -2.33. The molecule has 2 fully saturated rings. The number of likely N-dealkylation sites (tertiary alicyclic amines) is 1. The standard InChI is InChI=1S/C22H23NO3/c24-20(23-12-10-22(11-13-23)15-19(22)21(25)26)18-9-5-4-8-17(18)14-16-6-2-1-3-7-16/h1-9,19H,10-15H2,(H,25,26). The third-order valence-electron chi connectivity index (χ3n) is 6.02. The summed E-state index contributed by atoms with van der Waals surface area (Å²) in [6.45, 7) is 1.31. The molecule has 0 aromatic heterocycles. The fraction of sp³-hybridized carbons (Fsp3) is 0.364.